The van der Waals surface area contributed by atoms with Crippen LogP contribution in [-0.2, 0) is 6.18 Å². The van der Waals surface area contributed by atoms with Gasteiger partial charge in [-0.3, -0.25) is 4.79 Å². The summed E-state index contributed by atoms with van der Waals surface area (Å²) >= 11 is 5.21. The first-order chi connectivity index (χ1) is 7.27. The molecule has 1 rings (SSSR count). The Balaban J connectivity index is 3.46. The highest BCUT2D eigenvalue weighted by atomic mass is 35.5. The second-order valence-electron chi connectivity index (χ2n) is 2.72. The van der Waals surface area contributed by atoms with Crippen LogP contribution in [0.1, 0.15) is 28.0 Å². The van der Waals surface area contributed by atoms with Crippen LogP contribution in [0.25, 0.3) is 0 Å². The lowest BCUT2D eigenvalue weighted by atomic mass is 10.1. The number of halogens is 6. The molecule has 0 fully saturated rings. The zero-order chi connectivity index (χ0) is 12.5. The number of hydrogen-bond acceptors (Lipinski definition) is 2. The summed E-state index contributed by atoms with van der Waals surface area (Å²) in [6.45, 7) is 0. The molecule has 0 atom stereocenters. The van der Waals surface area contributed by atoms with Gasteiger partial charge in [0.1, 0.15) is 10.8 Å². The molecule has 0 N–H and O–H groups in total. The first kappa shape index (κ1) is 12.8. The summed E-state index contributed by atoms with van der Waals surface area (Å²) < 4.78 is 61.3. The van der Waals surface area contributed by atoms with E-state index in [9.17, 15) is 26.7 Å². The molecule has 0 aromatic carbocycles. The number of pyridine rings is 1. The molecular weight excluding hydrogens is 257 g/mol. The summed E-state index contributed by atoms with van der Waals surface area (Å²) in [7, 11) is 0. The molecule has 0 aliphatic heterocycles. The average molecular weight is 260 g/mol. The smallest absolute Gasteiger partial charge is 0.298 e. The Bertz CT molecular complexity index is 418. The van der Waals surface area contributed by atoms with Crippen molar-refractivity contribution in [2.45, 2.75) is 12.6 Å². The van der Waals surface area contributed by atoms with E-state index >= 15 is 0 Å². The maximum atomic E-state index is 12.4. The summed E-state index contributed by atoms with van der Waals surface area (Å²) in [6.07, 6.45) is -8.19. The number of carbonyl (C=O) groups excluding carboxylic acids is 1. The molecule has 1 aromatic rings. The van der Waals surface area contributed by atoms with Crippen molar-refractivity contribution in [3.05, 3.63) is 28.0 Å². The number of hydrogen-bond donors (Lipinski definition) is 0. The van der Waals surface area contributed by atoms with Gasteiger partial charge in [-0.2, -0.15) is 13.2 Å². The summed E-state index contributed by atoms with van der Waals surface area (Å²) in [6, 6.07) is 0.111. The van der Waals surface area contributed by atoms with Crippen LogP contribution in [0.2, 0.25) is 5.15 Å². The van der Waals surface area contributed by atoms with Crippen LogP contribution in [-0.4, -0.2) is 11.3 Å². The van der Waals surface area contributed by atoms with Gasteiger partial charge in [0.05, 0.1) is 5.56 Å². The third-order valence-corrected chi connectivity index (χ3v) is 1.98. The van der Waals surface area contributed by atoms with Crippen LogP contribution >= 0.6 is 11.6 Å². The van der Waals surface area contributed by atoms with E-state index in [1.54, 1.807) is 0 Å². The average Bonchev–Trinajstić information content (AvgIpc) is 2.14. The molecule has 16 heavy (non-hydrogen) atoms. The molecule has 0 aliphatic rings. The number of carbonyl (C=O) groups is 1. The molecule has 0 spiro atoms. The maximum absolute atomic E-state index is 12.4. The number of rotatable bonds is 2. The largest absolute Gasteiger partial charge is 0.433 e. The topological polar surface area (TPSA) is 30.0 Å². The van der Waals surface area contributed by atoms with Crippen molar-refractivity contribution in [3.8, 4) is 0 Å². The minimum atomic E-state index is -4.89. The van der Waals surface area contributed by atoms with Gasteiger partial charge in [0.15, 0.2) is 6.29 Å². The van der Waals surface area contributed by atoms with Gasteiger partial charge in [-0.1, -0.05) is 11.6 Å². The van der Waals surface area contributed by atoms with E-state index in [1.807, 2.05) is 0 Å². The van der Waals surface area contributed by atoms with Crippen LogP contribution in [0.3, 0.4) is 0 Å². The molecule has 0 amide bonds. The normalized spacial score (nSPS) is 11.9. The van der Waals surface area contributed by atoms with Crippen molar-refractivity contribution in [1.82, 2.24) is 4.98 Å². The fraction of sp³-hybridized carbons (Fsp3) is 0.250. The van der Waals surface area contributed by atoms with Crippen LogP contribution in [0.5, 0.6) is 0 Å². The first-order valence-corrected chi connectivity index (χ1v) is 4.16. The number of nitrogens with zero attached hydrogens (tertiary/aromatic N) is 1. The molecule has 1 heterocycles. The Morgan fingerprint density at radius 1 is 1.38 bits per heavy atom. The van der Waals surface area contributed by atoms with Crippen molar-refractivity contribution in [2.75, 3.05) is 0 Å². The molecular formula is C8H3ClF5NO. The van der Waals surface area contributed by atoms with E-state index in [-0.39, 0.29) is 12.4 Å². The summed E-state index contributed by atoms with van der Waals surface area (Å²) in [5.41, 5.74) is -3.37. The zero-order valence-corrected chi connectivity index (χ0v) is 8.11. The van der Waals surface area contributed by atoms with Gasteiger partial charge in [0.2, 0.25) is 0 Å². The van der Waals surface area contributed by atoms with Gasteiger partial charge in [-0.25, -0.2) is 13.8 Å². The Kier molecular flexibility index (Phi) is 3.47. The van der Waals surface area contributed by atoms with Crippen LogP contribution in [0.15, 0.2) is 6.07 Å². The molecule has 0 saturated heterocycles. The van der Waals surface area contributed by atoms with Crippen molar-refractivity contribution in [1.29, 1.82) is 0 Å². The predicted molar refractivity (Wildman–Crippen MR) is 44.6 cm³/mol. The Labute approximate surface area is 91.0 Å². The lowest BCUT2D eigenvalue weighted by molar-refractivity contribution is -0.141. The van der Waals surface area contributed by atoms with Crippen LogP contribution in [0, 0.1) is 0 Å². The highest BCUT2D eigenvalue weighted by molar-refractivity contribution is 6.31. The molecule has 1 aromatic heterocycles. The minimum Gasteiger partial charge on any atom is -0.298 e. The molecule has 8 heteroatoms. The Morgan fingerprint density at radius 3 is 2.31 bits per heavy atom. The van der Waals surface area contributed by atoms with Crippen LogP contribution < -0.4 is 0 Å². The molecule has 0 saturated carbocycles. The Morgan fingerprint density at radius 2 is 1.94 bits per heavy atom. The van der Waals surface area contributed by atoms with E-state index < -0.39 is 34.6 Å². The maximum Gasteiger partial charge on any atom is 0.433 e. The molecule has 2 nitrogen and oxygen atoms in total. The van der Waals surface area contributed by atoms with E-state index in [4.69, 9.17) is 11.6 Å². The second kappa shape index (κ2) is 4.32. The lowest BCUT2D eigenvalue weighted by Gasteiger charge is -2.10. The SMILES string of the molecule is O=Cc1c(C(F)F)cc(C(F)(F)F)nc1Cl. The number of aldehydes is 1. The molecule has 0 bridgehead atoms. The standard InChI is InChI=1S/C8H3ClF5NO/c9-6-4(2-16)3(7(10)11)1-5(15-6)8(12,13)14/h1-2,7H. The van der Waals surface area contributed by atoms with Gasteiger partial charge in [-0.15, -0.1) is 0 Å². The predicted octanol–water partition coefficient (Wildman–Crippen LogP) is 3.50. The fourth-order valence-electron chi connectivity index (χ4n) is 0.985. The zero-order valence-electron chi connectivity index (χ0n) is 7.36. The summed E-state index contributed by atoms with van der Waals surface area (Å²) in [5.74, 6) is 0. The van der Waals surface area contributed by atoms with Gasteiger partial charge in [-0.05, 0) is 6.07 Å². The van der Waals surface area contributed by atoms with Gasteiger partial charge in [0.25, 0.3) is 6.43 Å². The number of aromatic nitrogens is 1. The monoisotopic (exact) mass is 259 g/mol. The third-order valence-electron chi connectivity index (χ3n) is 1.69. The quantitative estimate of drug-likeness (QED) is 0.462. The van der Waals surface area contributed by atoms with E-state index in [1.165, 1.54) is 0 Å². The van der Waals surface area contributed by atoms with Gasteiger partial charge in [0, 0.05) is 5.56 Å². The Hall–Kier alpha value is -1.24. The molecule has 0 unspecified atom stereocenters. The highest BCUT2D eigenvalue weighted by Gasteiger charge is 2.35. The number of alkyl halides is 5. The van der Waals surface area contributed by atoms with Crippen molar-refractivity contribution in [3.63, 3.8) is 0 Å². The van der Waals surface area contributed by atoms with E-state index in [2.05, 4.69) is 4.98 Å². The van der Waals surface area contributed by atoms with Crippen molar-refractivity contribution in [2.24, 2.45) is 0 Å². The van der Waals surface area contributed by atoms with E-state index in [0.717, 1.165) is 0 Å². The first-order valence-electron chi connectivity index (χ1n) is 3.78. The second-order valence-corrected chi connectivity index (χ2v) is 3.08. The van der Waals surface area contributed by atoms with Crippen molar-refractivity contribution < 1.29 is 26.7 Å². The third kappa shape index (κ3) is 2.46. The van der Waals surface area contributed by atoms with E-state index in [0.29, 0.717) is 0 Å². The lowest BCUT2D eigenvalue weighted by Crippen LogP contribution is -2.11. The minimum absolute atomic E-state index is 0.0586. The van der Waals surface area contributed by atoms with Gasteiger partial charge < -0.3 is 0 Å². The highest BCUT2D eigenvalue weighted by Crippen LogP contribution is 2.34. The molecule has 0 aliphatic carbocycles. The fourth-order valence-corrected chi connectivity index (χ4v) is 1.23. The van der Waals surface area contributed by atoms with Crippen LogP contribution in [0.4, 0.5) is 22.0 Å². The van der Waals surface area contributed by atoms with Gasteiger partial charge >= 0.3 is 6.18 Å². The molecule has 88 valence electrons. The summed E-state index contributed by atoms with van der Waals surface area (Å²) in [4.78, 5) is 13.2. The molecule has 0 radical (unpaired) electrons. The summed E-state index contributed by atoms with van der Waals surface area (Å²) in [5, 5.41) is -0.889. The van der Waals surface area contributed by atoms with Crippen molar-refractivity contribution >= 4 is 17.9 Å².